The number of carboxylic acid groups (broad SMARTS) is 1. The Morgan fingerprint density at radius 3 is 2.50 bits per heavy atom. The molecule has 0 aliphatic rings. The number of amides is 1. The van der Waals surface area contributed by atoms with Crippen molar-refractivity contribution in [2.45, 2.75) is 12.7 Å². The van der Waals surface area contributed by atoms with Crippen LogP contribution in [0.3, 0.4) is 0 Å². The topological polar surface area (TPSA) is 75.4 Å². The number of alkyl halides is 3. The molecule has 0 atom stereocenters. The van der Waals surface area contributed by atoms with Crippen LogP contribution in [0.25, 0.3) is 11.3 Å². The minimum atomic E-state index is -4.39. The van der Waals surface area contributed by atoms with E-state index >= 15 is 0 Å². The standard InChI is InChI=1S/C12H9F3N2O3/c13-12(14,15)8-3-1-7(2-4-8)10-5-9(20-17-10)6-16-11(18)19/h1-5,16H,6H2,(H,18,19). The molecule has 2 aromatic rings. The van der Waals surface area contributed by atoms with Crippen molar-refractivity contribution < 1.29 is 27.6 Å². The van der Waals surface area contributed by atoms with Crippen LogP contribution < -0.4 is 5.32 Å². The first-order chi connectivity index (χ1) is 9.36. The van der Waals surface area contributed by atoms with Gasteiger partial charge in [-0.25, -0.2) is 4.79 Å². The lowest BCUT2D eigenvalue weighted by Gasteiger charge is -2.06. The van der Waals surface area contributed by atoms with E-state index in [9.17, 15) is 18.0 Å². The van der Waals surface area contributed by atoms with Crippen LogP contribution in [-0.4, -0.2) is 16.4 Å². The molecule has 8 heteroatoms. The SMILES string of the molecule is O=C(O)NCc1cc(-c2ccc(C(F)(F)F)cc2)no1. The lowest BCUT2D eigenvalue weighted by Crippen LogP contribution is -2.19. The van der Waals surface area contributed by atoms with Crippen LogP contribution in [0.2, 0.25) is 0 Å². The van der Waals surface area contributed by atoms with Gasteiger partial charge in [0.25, 0.3) is 0 Å². The smallest absolute Gasteiger partial charge is 0.416 e. The number of halogens is 3. The summed E-state index contributed by atoms with van der Waals surface area (Å²) in [5.41, 5.74) is 0.0294. The van der Waals surface area contributed by atoms with Crippen molar-refractivity contribution in [1.29, 1.82) is 0 Å². The van der Waals surface area contributed by atoms with E-state index in [1.165, 1.54) is 18.2 Å². The average Bonchev–Trinajstić information content (AvgIpc) is 2.84. The van der Waals surface area contributed by atoms with Crippen molar-refractivity contribution in [3.8, 4) is 11.3 Å². The van der Waals surface area contributed by atoms with Gasteiger partial charge in [0, 0.05) is 11.6 Å². The van der Waals surface area contributed by atoms with Crippen LogP contribution in [0, 0.1) is 0 Å². The zero-order chi connectivity index (χ0) is 14.8. The van der Waals surface area contributed by atoms with Gasteiger partial charge in [-0.2, -0.15) is 13.2 Å². The number of rotatable bonds is 3. The third-order valence-electron chi connectivity index (χ3n) is 2.48. The molecule has 0 aliphatic carbocycles. The average molecular weight is 286 g/mol. The second-order valence-electron chi connectivity index (χ2n) is 3.91. The minimum Gasteiger partial charge on any atom is -0.465 e. The van der Waals surface area contributed by atoms with Crippen molar-refractivity contribution in [1.82, 2.24) is 10.5 Å². The van der Waals surface area contributed by atoms with Crippen molar-refractivity contribution in [3.05, 3.63) is 41.7 Å². The highest BCUT2D eigenvalue weighted by Crippen LogP contribution is 2.30. The van der Waals surface area contributed by atoms with E-state index in [1.54, 1.807) is 0 Å². The zero-order valence-electron chi connectivity index (χ0n) is 9.94. The molecule has 2 N–H and O–H groups in total. The fraction of sp³-hybridized carbons (Fsp3) is 0.167. The Bertz CT molecular complexity index is 605. The highest BCUT2D eigenvalue weighted by atomic mass is 19.4. The molecule has 2 rings (SSSR count). The van der Waals surface area contributed by atoms with E-state index in [-0.39, 0.29) is 12.3 Å². The van der Waals surface area contributed by atoms with Crippen molar-refractivity contribution >= 4 is 6.09 Å². The normalized spacial score (nSPS) is 11.3. The molecule has 1 heterocycles. The van der Waals surface area contributed by atoms with Crippen LogP contribution in [0.4, 0.5) is 18.0 Å². The Balaban J connectivity index is 2.14. The summed E-state index contributed by atoms with van der Waals surface area (Å²) in [6.45, 7) is -0.0665. The molecular weight excluding hydrogens is 277 g/mol. The Morgan fingerprint density at radius 2 is 1.95 bits per heavy atom. The van der Waals surface area contributed by atoms with E-state index in [2.05, 4.69) is 10.5 Å². The Kier molecular flexibility index (Phi) is 3.64. The summed E-state index contributed by atoms with van der Waals surface area (Å²) in [6.07, 6.45) is -5.60. The molecule has 20 heavy (non-hydrogen) atoms. The van der Waals surface area contributed by atoms with E-state index in [1.807, 2.05) is 0 Å². The molecule has 0 unspecified atom stereocenters. The van der Waals surface area contributed by atoms with Crippen molar-refractivity contribution in [2.24, 2.45) is 0 Å². The summed E-state index contributed by atoms with van der Waals surface area (Å²) in [7, 11) is 0. The van der Waals surface area contributed by atoms with Gasteiger partial charge in [-0.1, -0.05) is 17.3 Å². The maximum atomic E-state index is 12.4. The highest BCUT2D eigenvalue weighted by molar-refractivity contribution is 5.64. The quantitative estimate of drug-likeness (QED) is 0.909. The number of hydrogen-bond donors (Lipinski definition) is 2. The van der Waals surface area contributed by atoms with Crippen LogP contribution in [0.15, 0.2) is 34.9 Å². The van der Waals surface area contributed by atoms with Gasteiger partial charge in [0.1, 0.15) is 5.69 Å². The summed E-state index contributed by atoms with van der Waals surface area (Å²) < 4.78 is 42.1. The second kappa shape index (κ2) is 5.24. The van der Waals surface area contributed by atoms with Gasteiger partial charge in [0.15, 0.2) is 5.76 Å². The van der Waals surface area contributed by atoms with Gasteiger partial charge in [-0.15, -0.1) is 0 Å². The first-order valence-electron chi connectivity index (χ1n) is 5.46. The monoisotopic (exact) mass is 286 g/mol. The molecule has 0 saturated carbocycles. The van der Waals surface area contributed by atoms with Crippen LogP contribution in [0.1, 0.15) is 11.3 Å². The van der Waals surface area contributed by atoms with E-state index < -0.39 is 17.8 Å². The molecule has 106 valence electrons. The van der Waals surface area contributed by atoms with Gasteiger partial charge >= 0.3 is 12.3 Å². The maximum absolute atomic E-state index is 12.4. The number of hydrogen-bond acceptors (Lipinski definition) is 3. The molecule has 0 spiro atoms. The van der Waals surface area contributed by atoms with Gasteiger partial charge in [-0.05, 0) is 12.1 Å². The molecule has 1 aromatic carbocycles. The minimum absolute atomic E-state index is 0.0665. The van der Waals surface area contributed by atoms with Crippen LogP contribution in [-0.2, 0) is 12.7 Å². The lowest BCUT2D eigenvalue weighted by molar-refractivity contribution is -0.137. The number of nitrogens with zero attached hydrogens (tertiary/aromatic N) is 1. The predicted molar refractivity (Wildman–Crippen MR) is 61.8 cm³/mol. The summed E-state index contributed by atoms with van der Waals surface area (Å²) in [5, 5.41) is 14.2. The third kappa shape index (κ3) is 3.28. The Labute approximate surface area is 111 Å². The molecule has 0 radical (unpaired) electrons. The van der Waals surface area contributed by atoms with Crippen molar-refractivity contribution in [3.63, 3.8) is 0 Å². The molecule has 5 nitrogen and oxygen atoms in total. The Hall–Kier alpha value is -2.51. The number of aromatic nitrogens is 1. The molecular formula is C12H9F3N2O3. The van der Waals surface area contributed by atoms with E-state index in [0.717, 1.165) is 12.1 Å². The summed E-state index contributed by atoms with van der Waals surface area (Å²) in [5.74, 6) is 0.266. The molecule has 0 aliphatic heterocycles. The van der Waals surface area contributed by atoms with Crippen LogP contribution in [0.5, 0.6) is 0 Å². The first kappa shape index (κ1) is 13.9. The van der Waals surface area contributed by atoms with Crippen LogP contribution >= 0.6 is 0 Å². The zero-order valence-corrected chi connectivity index (χ0v) is 9.94. The van der Waals surface area contributed by atoms with Gasteiger partial charge in [0.05, 0.1) is 12.1 Å². The van der Waals surface area contributed by atoms with E-state index in [0.29, 0.717) is 11.3 Å². The van der Waals surface area contributed by atoms with E-state index in [4.69, 9.17) is 9.63 Å². The summed E-state index contributed by atoms with van der Waals surface area (Å²) in [4.78, 5) is 10.3. The fourth-order valence-corrected chi connectivity index (χ4v) is 1.53. The molecule has 0 bridgehead atoms. The first-order valence-corrected chi connectivity index (χ1v) is 5.46. The number of carbonyl (C=O) groups is 1. The number of nitrogens with one attached hydrogen (secondary N) is 1. The lowest BCUT2D eigenvalue weighted by atomic mass is 10.1. The maximum Gasteiger partial charge on any atom is 0.416 e. The summed E-state index contributed by atoms with van der Waals surface area (Å²) in [6, 6.07) is 5.89. The predicted octanol–water partition coefficient (Wildman–Crippen LogP) is 3.13. The molecule has 0 saturated heterocycles. The molecule has 1 aromatic heterocycles. The largest absolute Gasteiger partial charge is 0.465 e. The highest BCUT2D eigenvalue weighted by Gasteiger charge is 2.30. The van der Waals surface area contributed by atoms with Gasteiger partial charge < -0.3 is 14.9 Å². The molecule has 0 fully saturated rings. The Morgan fingerprint density at radius 1 is 1.30 bits per heavy atom. The van der Waals surface area contributed by atoms with Gasteiger partial charge in [0.2, 0.25) is 0 Å². The van der Waals surface area contributed by atoms with Gasteiger partial charge in [-0.3, -0.25) is 0 Å². The number of benzene rings is 1. The second-order valence-corrected chi connectivity index (χ2v) is 3.91. The molecule has 1 amide bonds. The van der Waals surface area contributed by atoms with Crippen molar-refractivity contribution in [2.75, 3.05) is 0 Å². The summed E-state index contributed by atoms with van der Waals surface area (Å²) >= 11 is 0. The fourth-order valence-electron chi connectivity index (χ4n) is 1.53. The third-order valence-corrected chi connectivity index (χ3v) is 2.48.